The van der Waals surface area contributed by atoms with Crippen LogP contribution >= 0.6 is 11.3 Å². The van der Waals surface area contributed by atoms with Crippen molar-refractivity contribution in [2.45, 2.75) is 33.1 Å². The second-order valence-electron chi connectivity index (χ2n) is 4.73. The van der Waals surface area contributed by atoms with Crippen LogP contribution < -0.4 is 0 Å². The zero-order chi connectivity index (χ0) is 13.8. The van der Waals surface area contributed by atoms with Crippen molar-refractivity contribution in [3.63, 3.8) is 0 Å². The maximum Gasteiger partial charge on any atom is 0.303 e. The summed E-state index contributed by atoms with van der Waals surface area (Å²) in [7, 11) is 0. The third-order valence-electron chi connectivity index (χ3n) is 3.03. The highest BCUT2D eigenvalue weighted by Gasteiger charge is 2.07. The fourth-order valence-corrected chi connectivity index (χ4v) is 2.84. The average Bonchev–Trinajstić information content (AvgIpc) is 2.78. The van der Waals surface area contributed by atoms with E-state index in [1.165, 1.54) is 16.7 Å². The summed E-state index contributed by atoms with van der Waals surface area (Å²) in [5.41, 5.74) is 4.71. The molecule has 0 fully saturated rings. The molecular formula is C15H17NO2S. The molecule has 0 radical (unpaired) electrons. The number of hydrogen-bond donors (Lipinski definition) is 1. The van der Waals surface area contributed by atoms with Crippen LogP contribution in [0.5, 0.6) is 0 Å². The smallest absolute Gasteiger partial charge is 0.303 e. The maximum absolute atomic E-state index is 10.5. The Balaban J connectivity index is 2.05. The van der Waals surface area contributed by atoms with Crippen molar-refractivity contribution in [2.24, 2.45) is 0 Å². The molecule has 0 bridgehead atoms. The Morgan fingerprint density at radius 2 is 2.16 bits per heavy atom. The van der Waals surface area contributed by atoms with Gasteiger partial charge in [-0.1, -0.05) is 23.8 Å². The van der Waals surface area contributed by atoms with E-state index in [0.29, 0.717) is 6.42 Å². The van der Waals surface area contributed by atoms with Gasteiger partial charge in [0.1, 0.15) is 0 Å². The Labute approximate surface area is 116 Å². The molecule has 0 aliphatic rings. The molecule has 1 heterocycles. The summed E-state index contributed by atoms with van der Waals surface area (Å²) in [6.07, 6.45) is 1.48. The van der Waals surface area contributed by atoms with Crippen molar-refractivity contribution in [3.8, 4) is 0 Å². The first-order valence-corrected chi connectivity index (χ1v) is 7.14. The molecule has 4 heteroatoms. The number of thiazole rings is 1. The predicted octanol–water partition coefficient (Wildman–Crippen LogP) is 3.37. The lowest BCUT2D eigenvalue weighted by molar-refractivity contribution is -0.136. The minimum atomic E-state index is -0.774. The molecule has 0 aliphatic carbocycles. The second kappa shape index (κ2) is 5.97. The van der Waals surface area contributed by atoms with E-state index in [9.17, 15) is 4.79 Å². The zero-order valence-corrected chi connectivity index (χ0v) is 12.0. The van der Waals surface area contributed by atoms with Crippen LogP contribution in [0.25, 0.3) is 0 Å². The fourth-order valence-electron chi connectivity index (χ4n) is 1.99. The molecule has 3 nitrogen and oxygen atoms in total. The number of benzene rings is 1. The number of carbonyl (C=O) groups is 1. The minimum absolute atomic E-state index is 0.146. The van der Waals surface area contributed by atoms with Gasteiger partial charge in [-0.3, -0.25) is 4.79 Å². The quantitative estimate of drug-likeness (QED) is 0.910. The molecule has 1 aromatic carbocycles. The number of aromatic nitrogens is 1. The van der Waals surface area contributed by atoms with Crippen LogP contribution in [0.2, 0.25) is 0 Å². The van der Waals surface area contributed by atoms with Crippen molar-refractivity contribution in [2.75, 3.05) is 0 Å². The van der Waals surface area contributed by atoms with Crippen LogP contribution in [-0.4, -0.2) is 16.1 Å². The monoisotopic (exact) mass is 275 g/mol. The first-order chi connectivity index (χ1) is 9.04. The minimum Gasteiger partial charge on any atom is -0.481 e. The van der Waals surface area contributed by atoms with Crippen LogP contribution in [0.4, 0.5) is 0 Å². The number of aliphatic carboxylic acids is 1. The summed E-state index contributed by atoms with van der Waals surface area (Å²) in [5, 5.41) is 11.7. The molecule has 0 saturated carbocycles. The van der Waals surface area contributed by atoms with Gasteiger partial charge in [0.15, 0.2) is 0 Å². The lowest BCUT2D eigenvalue weighted by Crippen LogP contribution is -1.98. The van der Waals surface area contributed by atoms with Crippen LogP contribution in [0, 0.1) is 13.8 Å². The fraction of sp³-hybridized carbons (Fsp3) is 0.333. The van der Waals surface area contributed by atoms with E-state index in [0.717, 1.165) is 17.1 Å². The number of hydrogen-bond acceptors (Lipinski definition) is 3. The van der Waals surface area contributed by atoms with E-state index in [1.807, 2.05) is 5.38 Å². The SMILES string of the molecule is Cc1ccc(Cc2nc(CCC(=O)O)cs2)c(C)c1. The van der Waals surface area contributed by atoms with Crippen molar-refractivity contribution in [3.05, 3.63) is 51.0 Å². The summed E-state index contributed by atoms with van der Waals surface area (Å²) in [4.78, 5) is 15.0. The third-order valence-corrected chi connectivity index (χ3v) is 3.93. The first-order valence-electron chi connectivity index (χ1n) is 6.26. The van der Waals surface area contributed by atoms with Gasteiger partial charge in [0.2, 0.25) is 0 Å². The summed E-state index contributed by atoms with van der Waals surface area (Å²) < 4.78 is 0. The third kappa shape index (κ3) is 3.89. The van der Waals surface area contributed by atoms with E-state index in [-0.39, 0.29) is 6.42 Å². The zero-order valence-electron chi connectivity index (χ0n) is 11.1. The molecule has 1 N–H and O–H groups in total. The van der Waals surface area contributed by atoms with Crippen LogP contribution in [0.15, 0.2) is 23.6 Å². The molecule has 2 rings (SSSR count). The summed E-state index contributed by atoms with van der Waals surface area (Å²) in [5.74, 6) is -0.774. The van der Waals surface area contributed by atoms with Crippen molar-refractivity contribution in [1.82, 2.24) is 4.98 Å². The van der Waals surface area contributed by atoms with Gasteiger partial charge in [0.05, 0.1) is 17.1 Å². The highest BCUT2D eigenvalue weighted by Crippen LogP contribution is 2.19. The lowest BCUT2D eigenvalue weighted by Gasteiger charge is -2.04. The molecule has 0 atom stereocenters. The van der Waals surface area contributed by atoms with Gasteiger partial charge in [-0.15, -0.1) is 11.3 Å². The molecule has 0 saturated heterocycles. The average molecular weight is 275 g/mol. The normalized spacial score (nSPS) is 10.6. The van der Waals surface area contributed by atoms with Gasteiger partial charge in [0.25, 0.3) is 0 Å². The molecule has 19 heavy (non-hydrogen) atoms. The molecular weight excluding hydrogens is 258 g/mol. The molecule has 100 valence electrons. The van der Waals surface area contributed by atoms with Crippen molar-refractivity contribution in [1.29, 1.82) is 0 Å². The number of carboxylic acids is 1. The van der Waals surface area contributed by atoms with Gasteiger partial charge >= 0.3 is 5.97 Å². The predicted molar refractivity (Wildman–Crippen MR) is 76.8 cm³/mol. The Hall–Kier alpha value is -1.68. The molecule has 2 aromatic rings. The highest BCUT2D eigenvalue weighted by molar-refractivity contribution is 7.09. The summed E-state index contributed by atoms with van der Waals surface area (Å²) in [6.45, 7) is 4.20. The van der Waals surface area contributed by atoms with Gasteiger partial charge in [-0.05, 0) is 25.0 Å². The van der Waals surface area contributed by atoms with E-state index in [1.54, 1.807) is 11.3 Å². The molecule has 0 amide bonds. The summed E-state index contributed by atoms with van der Waals surface area (Å²) >= 11 is 1.60. The Morgan fingerprint density at radius 1 is 1.37 bits per heavy atom. The van der Waals surface area contributed by atoms with Gasteiger partial charge in [-0.2, -0.15) is 0 Å². The number of carboxylic acid groups (broad SMARTS) is 1. The maximum atomic E-state index is 10.5. The van der Waals surface area contributed by atoms with E-state index in [2.05, 4.69) is 37.0 Å². The first kappa shape index (κ1) is 13.7. The lowest BCUT2D eigenvalue weighted by atomic mass is 10.0. The molecule has 0 aliphatic heterocycles. The topological polar surface area (TPSA) is 50.2 Å². The van der Waals surface area contributed by atoms with E-state index in [4.69, 9.17) is 5.11 Å². The van der Waals surface area contributed by atoms with Gasteiger partial charge < -0.3 is 5.11 Å². The molecule has 0 unspecified atom stereocenters. The van der Waals surface area contributed by atoms with Crippen LogP contribution in [-0.2, 0) is 17.6 Å². The highest BCUT2D eigenvalue weighted by atomic mass is 32.1. The van der Waals surface area contributed by atoms with Crippen LogP contribution in [0.1, 0.15) is 33.8 Å². The van der Waals surface area contributed by atoms with Gasteiger partial charge in [-0.25, -0.2) is 4.98 Å². The Bertz CT molecular complexity index is 590. The number of rotatable bonds is 5. The number of aryl methyl sites for hydroxylation is 3. The van der Waals surface area contributed by atoms with E-state index < -0.39 is 5.97 Å². The van der Waals surface area contributed by atoms with Crippen LogP contribution in [0.3, 0.4) is 0 Å². The Morgan fingerprint density at radius 3 is 2.84 bits per heavy atom. The van der Waals surface area contributed by atoms with E-state index >= 15 is 0 Å². The Kier molecular flexibility index (Phi) is 4.32. The van der Waals surface area contributed by atoms with Gasteiger partial charge in [0, 0.05) is 18.2 Å². The summed E-state index contributed by atoms with van der Waals surface area (Å²) in [6, 6.07) is 6.43. The largest absolute Gasteiger partial charge is 0.481 e. The molecule has 0 spiro atoms. The van der Waals surface area contributed by atoms with Crippen molar-refractivity contribution < 1.29 is 9.90 Å². The number of nitrogens with zero attached hydrogens (tertiary/aromatic N) is 1. The standard InChI is InChI=1S/C15H17NO2S/c1-10-3-4-12(11(2)7-10)8-14-16-13(9-19-14)5-6-15(17)18/h3-4,7,9H,5-6,8H2,1-2H3,(H,17,18). The second-order valence-corrected chi connectivity index (χ2v) is 5.68. The molecule has 1 aromatic heterocycles. The van der Waals surface area contributed by atoms with Crippen molar-refractivity contribution >= 4 is 17.3 Å².